The summed E-state index contributed by atoms with van der Waals surface area (Å²) in [5.74, 6) is 3.14. The lowest BCUT2D eigenvalue weighted by Gasteiger charge is -2.19. The number of thioether (sulfide) groups is 1. The molecule has 0 aromatic heterocycles. The molecule has 4 unspecified atom stereocenters. The Kier molecular flexibility index (Phi) is 18.5. The second kappa shape index (κ2) is 22.5. The van der Waals surface area contributed by atoms with Gasteiger partial charge in [-0.1, -0.05) is 65.7 Å². The Bertz CT molecular complexity index is 1290. The molecule has 0 bridgehead atoms. The summed E-state index contributed by atoms with van der Waals surface area (Å²) in [7, 11) is 3.17. The quantitative estimate of drug-likeness (QED) is 0.0303. The molecule has 0 aliphatic carbocycles. The minimum atomic E-state index is -0.753. The molecule has 2 fully saturated rings. The van der Waals surface area contributed by atoms with Gasteiger partial charge in [0.1, 0.15) is 6.04 Å². The summed E-state index contributed by atoms with van der Waals surface area (Å²) in [6.45, 7) is 9.67. The van der Waals surface area contributed by atoms with Crippen molar-refractivity contribution in [3.8, 4) is 0 Å². The highest BCUT2D eigenvalue weighted by Gasteiger charge is 2.40. The molecular formula is C33H51N9O4S3. The molecule has 0 radical (unpaired) electrons. The van der Waals surface area contributed by atoms with Gasteiger partial charge in [-0.15, -0.1) is 0 Å². The number of hydrogen-bond donors (Lipinski definition) is 6. The van der Waals surface area contributed by atoms with Crippen LogP contribution in [-0.4, -0.2) is 83.9 Å². The van der Waals surface area contributed by atoms with E-state index in [1.165, 1.54) is 0 Å². The van der Waals surface area contributed by atoms with Crippen LogP contribution in [0.2, 0.25) is 0 Å². The summed E-state index contributed by atoms with van der Waals surface area (Å²) in [5.41, 5.74) is 9.36. The number of amides is 4. The molecule has 3 rings (SSSR count). The molecule has 6 N–H and O–H groups in total. The lowest BCUT2D eigenvalue weighted by molar-refractivity contribution is -0.123. The lowest BCUT2D eigenvalue weighted by atomic mass is 10.0. The zero-order chi connectivity index (χ0) is 35.4. The fraction of sp³-hybridized carbons (Fsp3) is 0.636. The van der Waals surface area contributed by atoms with Gasteiger partial charge in [0.15, 0.2) is 0 Å². The topological polar surface area (TPSA) is 189 Å². The van der Waals surface area contributed by atoms with Crippen LogP contribution in [-0.2, 0) is 14.4 Å². The maximum Gasteiger partial charge on any atom is 0.251 e. The number of carbonyl (C=O) groups excluding carboxylic acids is 4. The van der Waals surface area contributed by atoms with Gasteiger partial charge in [-0.25, -0.2) is 0 Å². The van der Waals surface area contributed by atoms with Gasteiger partial charge in [0.05, 0.1) is 17.9 Å². The van der Waals surface area contributed by atoms with E-state index in [1.807, 2.05) is 11.8 Å². The van der Waals surface area contributed by atoms with E-state index in [2.05, 4.69) is 62.4 Å². The van der Waals surface area contributed by atoms with E-state index in [-0.39, 0.29) is 17.7 Å². The molecule has 49 heavy (non-hydrogen) atoms. The monoisotopic (exact) mass is 733 g/mol. The van der Waals surface area contributed by atoms with Crippen molar-refractivity contribution in [2.45, 2.75) is 88.6 Å². The van der Waals surface area contributed by atoms with Crippen LogP contribution >= 0.6 is 33.3 Å². The minimum Gasteiger partial charge on any atom is -0.367 e. The second-order valence-electron chi connectivity index (χ2n) is 12.5. The van der Waals surface area contributed by atoms with E-state index in [4.69, 9.17) is 5.53 Å². The van der Waals surface area contributed by atoms with Gasteiger partial charge in [-0.05, 0) is 55.7 Å². The lowest BCUT2D eigenvalue weighted by Crippen LogP contribution is -2.47. The Morgan fingerprint density at radius 2 is 1.73 bits per heavy atom. The third kappa shape index (κ3) is 15.5. The first-order valence-electron chi connectivity index (χ1n) is 17.0. The zero-order valence-electron chi connectivity index (χ0n) is 28.5. The van der Waals surface area contributed by atoms with Crippen molar-refractivity contribution >= 4 is 62.7 Å². The van der Waals surface area contributed by atoms with E-state index < -0.39 is 11.9 Å². The third-order valence-electron chi connectivity index (χ3n) is 8.01. The number of benzene rings is 1. The summed E-state index contributed by atoms with van der Waals surface area (Å²) < 4.78 is 0. The molecule has 2 heterocycles. The fourth-order valence-corrected chi connectivity index (χ4v) is 8.85. The smallest absolute Gasteiger partial charge is 0.251 e. The Morgan fingerprint density at radius 3 is 2.49 bits per heavy atom. The Labute approximate surface area is 301 Å². The van der Waals surface area contributed by atoms with Crippen LogP contribution in [0.25, 0.3) is 10.4 Å². The van der Waals surface area contributed by atoms with Gasteiger partial charge in [0.2, 0.25) is 17.7 Å². The number of carbonyl (C=O) groups is 4. The van der Waals surface area contributed by atoms with E-state index in [1.54, 1.807) is 45.9 Å². The fourth-order valence-electron chi connectivity index (χ4n) is 5.41. The number of fused-ring (bicyclic) bond motifs is 1. The van der Waals surface area contributed by atoms with Gasteiger partial charge in [0, 0.05) is 71.1 Å². The maximum absolute atomic E-state index is 13.1. The summed E-state index contributed by atoms with van der Waals surface area (Å²) in [5, 5.41) is 22.5. The molecule has 16 heteroatoms. The summed E-state index contributed by atoms with van der Waals surface area (Å²) >= 11 is 1.98. The third-order valence-corrected chi connectivity index (χ3v) is 11.9. The highest BCUT2D eigenvalue weighted by atomic mass is 33.1. The number of nitrogens with one attached hydrogen (secondary N) is 6. The average molecular weight is 734 g/mol. The highest BCUT2D eigenvalue weighted by molar-refractivity contribution is 8.76. The van der Waals surface area contributed by atoms with Crippen LogP contribution in [0.5, 0.6) is 0 Å². The molecule has 0 saturated carbocycles. The van der Waals surface area contributed by atoms with Crippen LogP contribution in [0.15, 0.2) is 41.8 Å². The number of nitrogens with zero attached hydrogens (tertiary/aromatic N) is 3. The van der Waals surface area contributed by atoms with Crippen molar-refractivity contribution in [2.75, 3.05) is 36.9 Å². The van der Waals surface area contributed by atoms with Crippen LogP contribution in [0.4, 0.5) is 5.69 Å². The molecule has 2 aliphatic rings. The first-order chi connectivity index (χ1) is 23.7. The van der Waals surface area contributed by atoms with Gasteiger partial charge in [-0.3, -0.25) is 19.2 Å². The Hall–Kier alpha value is -3.20. The highest BCUT2D eigenvalue weighted by Crippen LogP contribution is 2.34. The summed E-state index contributed by atoms with van der Waals surface area (Å²) in [4.78, 5) is 53.1. The molecule has 0 spiro atoms. The van der Waals surface area contributed by atoms with Crippen molar-refractivity contribution in [1.29, 1.82) is 0 Å². The molecular weight excluding hydrogens is 683 g/mol. The molecule has 2 aliphatic heterocycles. The van der Waals surface area contributed by atoms with Crippen molar-refractivity contribution < 1.29 is 19.2 Å². The number of rotatable bonds is 23. The van der Waals surface area contributed by atoms with Gasteiger partial charge in [0.25, 0.3) is 5.91 Å². The Morgan fingerprint density at radius 1 is 0.980 bits per heavy atom. The Balaban J connectivity index is 1.35. The molecule has 270 valence electrons. The molecule has 4 amide bonds. The summed E-state index contributed by atoms with van der Waals surface area (Å²) in [6.07, 6.45) is 5.57. The van der Waals surface area contributed by atoms with Crippen molar-refractivity contribution in [1.82, 2.24) is 31.9 Å². The van der Waals surface area contributed by atoms with Crippen molar-refractivity contribution in [2.24, 2.45) is 11.0 Å². The van der Waals surface area contributed by atoms with Crippen LogP contribution in [0, 0.1) is 5.92 Å². The van der Waals surface area contributed by atoms with Crippen LogP contribution < -0.4 is 31.9 Å². The van der Waals surface area contributed by atoms with E-state index in [0.29, 0.717) is 97.7 Å². The van der Waals surface area contributed by atoms with Gasteiger partial charge in [-0.2, -0.15) is 11.8 Å². The van der Waals surface area contributed by atoms with Crippen molar-refractivity contribution in [3.63, 3.8) is 0 Å². The van der Waals surface area contributed by atoms with Crippen molar-refractivity contribution in [3.05, 3.63) is 52.7 Å². The average Bonchev–Trinajstić information content (AvgIpc) is 3.63. The van der Waals surface area contributed by atoms with E-state index in [0.717, 1.165) is 30.8 Å². The first kappa shape index (κ1) is 40.2. The second-order valence-corrected chi connectivity index (χ2v) is 16.5. The molecule has 1 aromatic rings. The largest absolute Gasteiger partial charge is 0.367 e. The minimum absolute atomic E-state index is 0.0318. The summed E-state index contributed by atoms with van der Waals surface area (Å²) in [6, 6.07) is 6.30. The van der Waals surface area contributed by atoms with Crippen LogP contribution in [0.1, 0.15) is 75.6 Å². The predicted molar refractivity (Wildman–Crippen MR) is 201 cm³/mol. The number of hydrogen-bond acceptors (Lipinski definition) is 10. The van der Waals surface area contributed by atoms with Crippen LogP contribution in [0.3, 0.4) is 0 Å². The standard InChI is InChI=1S/C33H51N9O4S3/c1-22(2)20-37-30(44)15-18-48-49-19-17-36-33(46)26(40-32(45)24-11-13-25(14-12-24)41-42-34)8-6-7-16-35-29(43)10-5-4-9-28-31-27(21-47-28)38-23(3)39-31/h11-14,22,26-28,31,38-39H,3-10,15-21H2,1-2H3,(H,35,43)(H,36,46)(H,37,44)(H,40,45). The number of azide groups is 1. The first-order valence-corrected chi connectivity index (χ1v) is 20.5. The number of unbranched alkanes of at least 4 members (excludes halogenated alkanes) is 2. The van der Waals surface area contributed by atoms with E-state index >= 15 is 0 Å². The SMILES string of the molecule is C=C1NC2CSC(CCCCC(=O)NCCCCC(NC(=O)c3ccc(N=[N+]=[N-])cc3)C(=O)NCCSSCCC(=O)NCC(C)C)C2N1. The van der Waals surface area contributed by atoms with Gasteiger partial charge >= 0.3 is 0 Å². The maximum atomic E-state index is 13.1. The van der Waals surface area contributed by atoms with E-state index in [9.17, 15) is 19.2 Å². The molecule has 4 atom stereocenters. The molecule has 2 saturated heterocycles. The zero-order valence-corrected chi connectivity index (χ0v) is 31.0. The predicted octanol–water partition coefficient (Wildman–Crippen LogP) is 4.75. The molecule has 13 nitrogen and oxygen atoms in total. The van der Waals surface area contributed by atoms with Gasteiger partial charge < -0.3 is 31.9 Å². The molecule has 1 aromatic carbocycles. The normalized spacial score (nSPS) is 18.4.